The summed E-state index contributed by atoms with van der Waals surface area (Å²) in [6, 6.07) is -0.0649. The van der Waals surface area contributed by atoms with E-state index in [4.69, 9.17) is 11.6 Å². The first-order chi connectivity index (χ1) is 8.54. The van der Waals surface area contributed by atoms with Crippen LogP contribution in [0.3, 0.4) is 0 Å². The Hall–Kier alpha value is -1.17. The summed E-state index contributed by atoms with van der Waals surface area (Å²) in [6.45, 7) is 0.563. The van der Waals surface area contributed by atoms with Gasteiger partial charge in [-0.15, -0.1) is 11.6 Å². The average Bonchev–Trinajstić information content (AvgIpc) is 2.93. The number of likely N-dealkylation sites (tertiary alicyclic amines) is 1. The van der Waals surface area contributed by atoms with E-state index in [1.165, 1.54) is 17.9 Å². The summed E-state index contributed by atoms with van der Waals surface area (Å²) >= 11 is 5.78. The highest BCUT2D eigenvalue weighted by Gasteiger charge is 2.32. The van der Waals surface area contributed by atoms with E-state index in [9.17, 15) is 13.6 Å². The predicted octanol–water partition coefficient (Wildman–Crippen LogP) is 2.20. The quantitative estimate of drug-likeness (QED) is 0.795. The van der Waals surface area contributed by atoms with Crippen LogP contribution in [0.1, 0.15) is 35.3 Å². The fourth-order valence-corrected chi connectivity index (χ4v) is 2.57. The van der Waals surface area contributed by atoms with E-state index in [1.807, 2.05) is 0 Å². The maximum atomic E-state index is 12.8. The molecule has 2 heterocycles. The van der Waals surface area contributed by atoms with Gasteiger partial charge in [-0.1, -0.05) is 0 Å². The normalized spacial score (nSPS) is 19.8. The van der Waals surface area contributed by atoms with Crippen LogP contribution >= 0.6 is 11.6 Å². The second-order valence-corrected chi connectivity index (χ2v) is 4.66. The van der Waals surface area contributed by atoms with Crippen LogP contribution in [0.5, 0.6) is 0 Å². The van der Waals surface area contributed by atoms with Gasteiger partial charge >= 0.3 is 0 Å². The number of carbonyl (C=O) groups is 1. The summed E-state index contributed by atoms with van der Waals surface area (Å²) in [4.78, 5) is 13.8. The van der Waals surface area contributed by atoms with Crippen LogP contribution in [0.15, 0.2) is 6.20 Å². The summed E-state index contributed by atoms with van der Waals surface area (Å²) < 4.78 is 26.8. The van der Waals surface area contributed by atoms with E-state index in [0.717, 1.165) is 12.8 Å². The summed E-state index contributed by atoms with van der Waals surface area (Å²) in [6.07, 6.45) is 0.266. The molecule has 0 radical (unpaired) electrons. The topological polar surface area (TPSA) is 38.1 Å². The number of aryl methyl sites for hydroxylation is 1. The van der Waals surface area contributed by atoms with Gasteiger partial charge in [-0.25, -0.2) is 8.78 Å². The smallest absolute Gasteiger partial charge is 0.282 e. The number of halogens is 3. The fourth-order valence-electron chi connectivity index (χ4n) is 2.25. The molecule has 1 aromatic heterocycles. The van der Waals surface area contributed by atoms with Crippen molar-refractivity contribution in [2.75, 3.05) is 12.4 Å². The van der Waals surface area contributed by atoms with Gasteiger partial charge in [0.05, 0.1) is 5.56 Å². The van der Waals surface area contributed by atoms with E-state index >= 15 is 0 Å². The maximum Gasteiger partial charge on any atom is 0.282 e. The first kappa shape index (κ1) is 13.3. The molecule has 1 saturated heterocycles. The molecule has 4 nitrogen and oxygen atoms in total. The van der Waals surface area contributed by atoms with Gasteiger partial charge in [0.2, 0.25) is 0 Å². The molecule has 0 aromatic carbocycles. The molecule has 0 bridgehead atoms. The Labute approximate surface area is 109 Å². The van der Waals surface area contributed by atoms with E-state index in [2.05, 4.69) is 5.10 Å². The number of hydrogen-bond acceptors (Lipinski definition) is 2. The van der Waals surface area contributed by atoms with Crippen molar-refractivity contribution in [3.8, 4) is 0 Å². The van der Waals surface area contributed by atoms with Crippen molar-refractivity contribution in [1.82, 2.24) is 14.7 Å². The Morgan fingerprint density at radius 2 is 2.39 bits per heavy atom. The third-order valence-electron chi connectivity index (χ3n) is 3.11. The molecule has 0 N–H and O–H groups in total. The van der Waals surface area contributed by atoms with Crippen LogP contribution in [0.2, 0.25) is 0 Å². The summed E-state index contributed by atoms with van der Waals surface area (Å²) in [7, 11) is 1.52. The fraction of sp³-hybridized carbons (Fsp3) is 0.636. The second-order valence-electron chi connectivity index (χ2n) is 4.35. The first-order valence-electron chi connectivity index (χ1n) is 5.73. The van der Waals surface area contributed by atoms with Crippen molar-refractivity contribution in [3.05, 3.63) is 17.5 Å². The second kappa shape index (κ2) is 5.22. The van der Waals surface area contributed by atoms with Crippen LogP contribution in [0.4, 0.5) is 8.78 Å². The van der Waals surface area contributed by atoms with E-state index in [0.29, 0.717) is 12.4 Å². The lowest BCUT2D eigenvalue weighted by molar-refractivity contribution is 0.0736. The molecule has 100 valence electrons. The van der Waals surface area contributed by atoms with Crippen LogP contribution in [-0.4, -0.2) is 39.1 Å². The molecule has 1 unspecified atom stereocenters. The average molecular weight is 278 g/mol. The largest absolute Gasteiger partial charge is 0.334 e. The molecule has 1 aliphatic heterocycles. The lowest BCUT2D eigenvalue weighted by Gasteiger charge is -2.22. The van der Waals surface area contributed by atoms with Crippen molar-refractivity contribution in [3.63, 3.8) is 0 Å². The maximum absolute atomic E-state index is 12.8. The Kier molecular flexibility index (Phi) is 3.85. The van der Waals surface area contributed by atoms with E-state index in [1.54, 1.807) is 4.90 Å². The SMILES string of the molecule is Cn1cc(C(=O)N2CCCC2CCl)c(C(F)F)n1. The van der Waals surface area contributed by atoms with Crippen molar-refractivity contribution in [2.24, 2.45) is 7.05 Å². The molecule has 2 rings (SSSR count). The summed E-state index contributed by atoms with van der Waals surface area (Å²) in [5.41, 5.74) is -0.479. The minimum absolute atomic E-state index is 0.0236. The number of hydrogen-bond donors (Lipinski definition) is 0. The zero-order chi connectivity index (χ0) is 13.3. The molecule has 1 aromatic rings. The third-order valence-corrected chi connectivity index (χ3v) is 3.47. The molecular weight excluding hydrogens is 264 g/mol. The molecule has 0 saturated carbocycles. The highest BCUT2D eigenvalue weighted by molar-refractivity contribution is 6.18. The van der Waals surface area contributed by atoms with Gasteiger partial charge in [-0.2, -0.15) is 5.10 Å². The highest BCUT2D eigenvalue weighted by Crippen LogP contribution is 2.26. The Balaban J connectivity index is 2.28. The minimum Gasteiger partial charge on any atom is -0.334 e. The molecule has 1 amide bonds. The van der Waals surface area contributed by atoms with Gasteiger partial charge < -0.3 is 4.90 Å². The Bertz CT molecular complexity index is 449. The van der Waals surface area contributed by atoms with Crippen molar-refractivity contribution in [2.45, 2.75) is 25.3 Å². The molecule has 7 heteroatoms. The molecule has 1 atom stereocenters. The number of amides is 1. The van der Waals surface area contributed by atoms with Gasteiger partial charge in [-0.3, -0.25) is 9.48 Å². The van der Waals surface area contributed by atoms with Gasteiger partial charge in [0, 0.05) is 31.7 Å². The highest BCUT2D eigenvalue weighted by atomic mass is 35.5. The van der Waals surface area contributed by atoms with Gasteiger partial charge in [0.25, 0.3) is 12.3 Å². The standard InChI is InChI=1S/C11H14ClF2N3O/c1-16-6-8(9(15-16)10(13)14)11(18)17-4-2-3-7(17)5-12/h6-7,10H,2-5H2,1H3. The van der Waals surface area contributed by atoms with E-state index in [-0.39, 0.29) is 11.6 Å². The van der Waals surface area contributed by atoms with Gasteiger partial charge in [0.15, 0.2) is 0 Å². The third kappa shape index (κ3) is 2.34. The lowest BCUT2D eigenvalue weighted by Crippen LogP contribution is -2.36. The van der Waals surface area contributed by atoms with Crippen LogP contribution in [0.25, 0.3) is 0 Å². The molecule has 1 aliphatic rings. The summed E-state index contributed by atoms with van der Waals surface area (Å²) in [5.74, 6) is -0.0720. The Morgan fingerprint density at radius 1 is 1.67 bits per heavy atom. The number of nitrogens with zero attached hydrogens (tertiary/aromatic N) is 3. The lowest BCUT2D eigenvalue weighted by atomic mass is 10.2. The zero-order valence-corrected chi connectivity index (χ0v) is 10.7. The molecule has 0 aliphatic carbocycles. The van der Waals surface area contributed by atoms with Crippen molar-refractivity contribution >= 4 is 17.5 Å². The van der Waals surface area contributed by atoms with Crippen LogP contribution in [-0.2, 0) is 7.05 Å². The summed E-state index contributed by atoms with van der Waals surface area (Å²) in [5, 5.41) is 3.64. The van der Waals surface area contributed by atoms with Gasteiger partial charge in [0.1, 0.15) is 5.69 Å². The molecule has 1 fully saturated rings. The molecular formula is C11H14ClF2N3O. The zero-order valence-electron chi connectivity index (χ0n) is 9.94. The van der Waals surface area contributed by atoms with Crippen LogP contribution in [0, 0.1) is 0 Å². The molecule has 18 heavy (non-hydrogen) atoms. The van der Waals surface area contributed by atoms with Crippen molar-refractivity contribution < 1.29 is 13.6 Å². The minimum atomic E-state index is -2.75. The predicted molar refractivity (Wildman–Crippen MR) is 62.9 cm³/mol. The number of rotatable bonds is 3. The van der Waals surface area contributed by atoms with Crippen LogP contribution < -0.4 is 0 Å². The van der Waals surface area contributed by atoms with E-state index < -0.39 is 18.0 Å². The monoisotopic (exact) mass is 277 g/mol. The van der Waals surface area contributed by atoms with Crippen molar-refractivity contribution in [1.29, 1.82) is 0 Å². The number of aromatic nitrogens is 2. The molecule has 0 spiro atoms. The first-order valence-corrected chi connectivity index (χ1v) is 6.26. The number of carbonyl (C=O) groups excluding carboxylic acids is 1. The van der Waals surface area contributed by atoms with Gasteiger partial charge in [-0.05, 0) is 12.8 Å². The Morgan fingerprint density at radius 3 is 3.00 bits per heavy atom. The number of alkyl halides is 3.